The van der Waals surface area contributed by atoms with E-state index in [0.717, 1.165) is 16.3 Å². The number of aliphatic carboxylic acids is 1. The number of β-lactam (4-membered cyclic amide) rings is 1. The van der Waals surface area contributed by atoms with E-state index < -0.39 is 29.3 Å². The quantitative estimate of drug-likeness (QED) is 0.416. The number of carboxylic acids is 1. The molecule has 2 atom stereocenters. The maximum atomic E-state index is 12.7. The molecule has 1 aromatic carbocycles. The van der Waals surface area contributed by atoms with E-state index in [-0.39, 0.29) is 5.70 Å². The van der Waals surface area contributed by atoms with Crippen LogP contribution in [0.5, 0.6) is 0 Å². The predicted molar refractivity (Wildman–Crippen MR) is 122 cm³/mol. The summed E-state index contributed by atoms with van der Waals surface area (Å²) in [5.41, 5.74) is 2.64. The van der Waals surface area contributed by atoms with Crippen molar-refractivity contribution in [3.05, 3.63) is 58.9 Å². The van der Waals surface area contributed by atoms with Gasteiger partial charge in [-0.2, -0.15) is 5.10 Å². The van der Waals surface area contributed by atoms with Crippen molar-refractivity contribution in [1.82, 2.24) is 25.3 Å². The molecule has 0 saturated carbocycles. The fourth-order valence-corrected chi connectivity index (χ4v) is 5.99. The Morgan fingerprint density at radius 1 is 1.31 bits per heavy atom. The molecular weight excluding hydrogens is 450 g/mol. The molecule has 1 saturated heterocycles. The Morgan fingerprint density at radius 3 is 2.72 bits per heavy atom. The van der Waals surface area contributed by atoms with Gasteiger partial charge in [-0.1, -0.05) is 30.3 Å². The van der Waals surface area contributed by atoms with Crippen LogP contribution >= 0.6 is 23.5 Å². The van der Waals surface area contributed by atoms with E-state index in [1.807, 2.05) is 50.4 Å². The molecule has 0 spiro atoms. The molecule has 2 aromatic rings. The van der Waals surface area contributed by atoms with E-state index in [1.165, 1.54) is 28.4 Å². The number of carbonyl (C=O) groups is 3. The van der Waals surface area contributed by atoms with Crippen molar-refractivity contribution >= 4 is 41.4 Å². The van der Waals surface area contributed by atoms with Crippen LogP contribution in [-0.2, 0) is 23.2 Å². The van der Waals surface area contributed by atoms with Gasteiger partial charge >= 0.3 is 12.0 Å². The number of amides is 3. The number of nitrogens with zero attached hydrogens (tertiary/aromatic N) is 3. The topological polar surface area (TPSA) is 117 Å². The minimum Gasteiger partial charge on any atom is -0.477 e. The number of carboxylic acid groups (broad SMARTS) is 1. The summed E-state index contributed by atoms with van der Waals surface area (Å²) in [5.74, 6) is -0.648. The van der Waals surface area contributed by atoms with Gasteiger partial charge in [0.15, 0.2) is 0 Å². The van der Waals surface area contributed by atoms with Crippen LogP contribution in [0.3, 0.4) is 0 Å². The third-order valence-electron chi connectivity index (χ3n) is 5.32. The molecule has 3 N–H and O–H groups in total. The molecule has 3 amide bonds. The number of aryl methyl sites for hydroxylation is 2. The molecule has 32 heavy (non-hydrogen) atoms. The lowest BCUT2D eigenvalue weighted by atomic mass is 10.0. The molecule has 1 unspecified atom stereocenters. The van der Waals surface area contributed by atoms with Gasteiger partial charge < -0.3 is 15.7 Å². The molecule has 9 nitrogen and oxygen atoms in total. The van der Waals surface area contributed by atoms with Crippen molar-refractivity contribution in [3.8, 4) is 0 Å². The summed E-state index contributed by atoms with van der Waals surface area (Å²) in [6, 6.07) is 10.2. The molecule has 2 aliphatic rings. The zero-order chi connectivity index (χ0) is 22.8. The van der Waals surface area contributed by atoms with Gasteiger partial charge in [-0.05, 0) is 24.1 Å². The highest BCUT2D eigenvalue weighted by atomic mass is 32.2. The first kappa shape index (κ1) is 22.3. The second-order valence-electron chi connectivity index (χ2n) is 7.49. The van der Waals surface area contributed by atoms with Crippen LogP contribution in [0.1, 0.15) is 11.3 Å². The molecule has 11 heteroatoms. The summed E-state index contributed by atoms with van der Waals surface area (Å²) < 4.78 is 1.76. The lowest BCUT2D eigenvalue weighted by Crippen LogP contribution is -2.71. The highest BCUT2D eigenvalue weighted by molar-refractivity contribution is 8.01. The van der Waals surface area contributed by atoms with Crippen LogP contribution in [0, 0.1) is 6.92 Å². The molecule has 168 valence electrons. The van der Waals surface area contributed by atoms with Crippen molar-refractivity contribution in [2.45, 2.75) is 29.9 Å². The Hall–Kier alpha value is -2.92. The monoisotopic (exact) mass is 473 g/mol. The van der Waals surface area contributed by atoms with Crippen LogP contribution in [0.4, 0.5) is 4.79 Å². The average Bonchev–Trinajstić information content (AvgIpc) is 3.11. The summed E-state index contributed by atoms with van der Waals surface area (Å²) in [5, 5.41) is 20.0. The Morgan fingerprint density at radius 2 is 2.06 bits per heavy atom. The second-order valence-corrected chi connectivity index (χ2v) is 9.59. The normalized spacial score (nSPS) is 19.9. The summed E-state index contributed by atoms with van der Waals surface area (Å²) in [6.45, 7) is 2.28. The molecule has 0 radical (unpaired) electrons. The number of benzene rings is 1. The first-order chi connectivity index (χ1) is 15.3. The zero-order valence-electron chi connectivity index (χ0n) is 17.6. The van der Waals surface area contributed by atoms with Crippen molar-refractivity contribution in [1.29, 1.82) is 0 Å². The molecule has 2 aliphatic heterocycles. The van der Waals surface area contributed by atoms with Crippen LogP contribution in [0.15, 0.2) is 52.7 Å². The van der Waals surface area contributed by atoms with E-state index in [1.54, 1.807) is 4.68 Å². The lowest BCUT2D eigenvalue weighted by molar-refractivity contribution is -0.148. The maximum absolute atomic E-state index is 12.7. The predicted octanol–water partition coefficient (Wildman–Crippen LogP) is 1.94. The second kappa shape index (κ2) is 9.29. The van der Waals surface area contributed by atoms with E-state index >= 15 is 0 Å². The van der Waals surface area contributed by atoms with Crippen molar-refractivity contribution in [2.24, 2.45) is 7.05 Å². The number of hydrogen-bond donors (Lipinski definition) is 3. The summed E-state index contributed by atoms with van der Waals surface area (Å²) in [6.07, 6.45) is 0. The number of fused-ring (bicyclic) bond motifs is 1. The van der Waals surface area contributed by atoms with E-state index in [0.29, 0.717) is 23.6 Å². The van der Waals surface area contributed by atoms with Crippen LogP contribution < -0.4 is 10.6 Å². The molecule has 1 aromatic heterocycles. The summed E-state index contributed by atoms with van der Waals surface area (Å²) in [7, 11) is 1.85. The first-order valence-electron chi connectivity index (χ1n) is 9.97. The number of nitrogens with one attached hydrogen (secondary N) is 2. The van der Waals surface area contributed by atoms with E-state index in [2.05, 4.69) is 15.7 Å². The van der Waals surface area contributed by atoms with Gasteiger partial charge in [0.2, 0.25) is 0 Å². The molecule has 1 fully saturated rings. The number of carbonyl (C=O) groups excluding carboxylic acids is 2. The highest BCUT2D eigenvalue weighted by Crippen LogP contribution is 2.41. The number of urea groups is 1. The molecule has 3 heterocycles. The largest absolute Gasteiger partial charge is 0.477 e. The van der Waals surface area contributed by atoms with Gasteiger partial charge in [-0.25, -0.2) is 9.59 Å². The minimum absolute atomic E-state index is 0.0154. The highest BCUT2D eigenvalue weighted by Gasteiger charge is 2.54. The van der Waals surface area contributed by atoms with E-state index in [9.17, 15) is 19.5 Å². The van der Waals surface area contributed by atoms with Crippen LogP contribution in [-0.4, -0.2) is 60.6 Å². The van der Waals surface area contributed by atoms with Gasteiger partial charge in [0, 0.05) is 30.8 Å². The summed E-state index contributed by atoms with van der Waals surface area (Å²) >= 11 is 2.90. The minimum atomic E-state index is -1.14. The fraction of sp³-hybridized carbons (Fsp3) is 0.333. The molecular formula is C21H23N5O4S2. The third-order valence-corrected chi connectivity index (χ3v) is 7.65. The number of hydrogen-bond acceptors (Lipinski definition) is 6. The maximum Gasteiger partial charge on any atom is 0.352 e. The van der Waals surface area contributed by atoms with Gasteiger partial charge in [-0.3, -0.25) is 14.4 Å². The van der Waals surface area contributed by atoms with Crippen molar-refractivity contribution in [2.75, 3.05) is 11.5 Å². The Bertz CT molecular complexity index is 1070. The number of aromatic nitrogens is 2. The number of thioether (sulfide) groups is 2. The van der Waals surface area contributed by atoms with Gasteiger partial charge in [0.05, 0.1) is 0 Å². The standard InChI is InChI=1S/C21H23N5O4S2/c1-12-8-15(24-25(12)2)31-10-14-11-32-19-16(18(27)26(19)17(14)20(28)29)23-21(30)22-9-13-6-4-3-5-7-13/h3-8,16,19H,9-11H2,1-2H3,(H,28,29)(H2,22,23,30)/t16?,19-/m1/s1. The van der Waals surface area contributed by atoms with E-state index in [4.69, 9.17) is 0 Å². The Balaban J connectivity index is 1.39. The Labute approximate surface area is 193 Å². The van der Waals surface area contributed by atoms with Gasteiger partial charge in [-0.15, -0.1) is 23.5 Å². The van der Waals surface area contributed by atoms with Gasteiger partial charge in [0.25, 0.3) is 5.91 Å². The van der Waals surface area contributed by atoms with Gasteiger partial charge in [0.1, 0.15) is 22.1 Å². The number of rotatable bonds is 7. The molecule has 4 rings (SSSR count). The fourth-order valence-electron chi connectivity index (χ4n) is 3.52. The average molecular weight is 474 g/mol. The van der Waals surface area contributed by atoms with Crippen molar-refractivity contribution in [3.63, 3.8) is 0 Å². The smallest absolute Gasteiger partial charge is 0.352 e. The molecule has 0 bridgehead atoms. The zero-order valence-corrected chi connectivity index (χ0v) is 19.2. The first-order valence-corrected chi connectivity index (χ1v) is 12.0. The van der Waals surface area contributed by atoms with Crippen LogP contribution in [0.2, 0.25) is 0 Å². The summed E-state index contributed by atoms with van der Waals surface area (Å²) in [4.78, 5) is 38.3. The SMILES string of the molecule is Cc1cc(SCC2=C(C(=O)O)N3C(=O)C(NC(=O)NCc4ccccc4)[C@H]3SC2)nn1C. The van der Waals surface area contributed by atoms with Crippen LogP contribution in [0.25, 0.3) is 0 Å². The van der Waals surface area contributed by atoms with Crippen molar-refractivity contribution < 1.29 is 19.5 Å². The lowest BCUT2D eigenvalue weighted by Gasteiger charge is -2.49. The Kier molecular flexibility index (Phi) is 6.47. The third kappa shape index (κ3) is 4.49. The molecule has 0 aliphatic carbocycles.